The Morgan fingerprint density at radius 2 is 2.29 bits per heavy atom. The van der Waals surface area contributed by atoms with Crippen LogP contribution in [0, 0.1) is 6.92 Å². The number of halogens is 1. The second-order valence-corrected chi connectivity index (χ2v) is 6.33. The lowest BCUT2D eigenvalue weighted by Crippen LogP contribution is -2.15. The fourth-order valence-corrected chi connectivity index (χ4v) is 2.97. The summed E-state index contributed by atoms with van der Waals surface area (Å²) in [5, 5.41) is 12.3. The lowest BCUT2D eigenvalue weighted by molar-refractivity contribution is -0.113. The van der Waals surface area contributed by atoms with Gasteiger partial charge in [-0.2, -0.15) is 0 Å². The number of ether oxygens (including phenoxy) is 1. The third kappa shape index (κ3) is 4.59. The van der Waals surface area contributed by atoms with Gasteiger partial charge in [0.2, 0.25) is 5.91 Å². The van der Waals surface area contributed by atoms with Gasteiger partial charge < -0.3 is 14.6 Å². The molecule has 0 saturated heterocycles. The van der Waals surface area contributed by atoms with Crippen LogP contribution in [0.5, 0.6) is 0 Å². The van der Waals surface area contributed by atoms with Gasteiger partial charge in [0, 0.05) is 24.4 Å². The van der Waals surface area contributed by atoms with E-state index in [-0.39, 0.29) is 11.7 Å². The topological polar surface area (TPSA) is 69.0 Å². The molecule has 0 bridgehead atoms. The van der Waals surface area contributed by atoms with Crippen molar-refractivity contribution in [3.63, 3.8) is 0 Å². The van der Waals surface area contributed by atoms with Crippen LogP contribution in [0.15, 0.2) is 36.0 Å². The average Bonchev–Trinajstić information content (AvgIpc) is 2.93. The van der Waals surface area contributed by atoms with Crippen molar-refractivity contribution in [3.8, 4) is 0 Å². The van der Waals surface area contributed by atoms with Crippen LogP contribution in [0.2, 0.25) is 5.02 Å². The predicted molar refractivity (Wildman–Crippen MR) is 96.5 cm³/mol. The first-order valence-corrected chi connectivity index (χ1v) is 8.62. The summed E-state index contributed by atoms with van der Waals surface area (Å²) in [6, 6.07) is 5.41. The number of allylic oxidation sites excluding steroid dienone is 1. The highest BCUT2D eigenvalue weighted by Crippen LogP contribution is 2.24. The summed E-state index contributed by atoms with van der Waals surface area (Å²) in [6.45, 7) is 6.51. The molecular weight excluding hydrogens is 348 g/mol. The second-order valence-electron chi connectivity index (χ2n) is 4.98. The molecule has 0 fully saturated rings. The standard InChI is InChI=1S/C16H19ClN4O2S/c1-4-8-21-14(9-23-3)19-20-16(21)24-10-15(22)18-13-7-5-6-12(17)11(13)2/h4-7H,1,8-10H2,2-3H3,(H,18,22). The van der Waals surface area contributed by atoms with Crippen LogP contribution in [0.1, 0.15) is 11.4 Å². The Bertz CT molecular complexity index is 733. The van der Waals surface area contributed by atoms with Crippen molar-refractivity contribution in [2.24, 2.45) is 0 Å². The summed E-state index contributed by atoms with van der Waals surface area (Å²) in [4.78, 5) is 12.2. The first-order valence-electron chi connectivity index (χ1n) is 7.26. The lowest BCUT2D eigenvalue weighted by atomic mass is 10.2. The molecule has 0 spiro atoms. The van der Waals surface area contributed by atoms with Gasteiger partial charge in [-0.15, -0.1) is 16.8 Å². The van der Waals surface area contributed by atoms with Crippen molar-refractivity contribution in [2.45, 2.75) is 25.2 Å². The molecule has 1 aromatic carbocycles. The number of methoxy groups -OCH3 is 1. The minimum absolute atomic E-state index is 0.133. The van der Waals surface area contributed by atoms with Crippen LogP contribution in [-0.2, 0) is 22.7 Å². The number of carbonyl (C=O) groups is 1. The van der Waals surface area contributed by atoms with Crippen molar-refractivity contribution >= 4 is 35.0 Å². The first-order chi connectivity index (χ1) is 11.6. The van der Waals surface area contributed by atoms with Crippen molar-refractivity contribution < 1.29 is 9.53 Å². The van der Waals surface area contributed by atoms with Gasteiger partial charge in [-0.3, -0.25) is 4.79 Å². The Morgan fingerprint density at radius 1 is 1.50 bits per heavy atom. The number of benzene rings is 1. The molecule has 8 heteroatoms. The SMILES string of the molecule is C=CCn1c(COC)nnc1SCC(=O)Nc1cccc(Cl)c1C. The van der Waals surface area contributed by atoms with Crippen LogP contribution in [-0.4, -0.2) is 33.5 Å². The lowest BCUT2D eigenvalue weighted by Gasteiger charge is -2.10. The third-order valence-corrected chi connectivity index (χ3v) is 4.63. The molecule has 0 radical (unpaired) electrons. The largest absolute Gasteiger partial charge is 0.377 e. The molecule has 24 heavy (non-hydrogen) atoms. The maximum absolute atomic E-state index is 12.2. The fraction of sp³-hybridized carbons (Fsp3) is 0.312. The summed E-state index contributed by atoms with van der Waals surface area (Å²) in [5.74, 6) is 0.784. The molecule has 0 saturated carbocycles. The van der Waals surface area contributed by atoms with Crippen molar-refractivity contribution in [1.29, 1.82) is 0 Å². The smallest absolute Gasteiger partial charge is 0.234 e. The van der Waals surface area contributed by atoms with Crippen LogP contribution < -0.4 is 5.32 Å². The average molecular weight is 367 g/mol. The number of rotatable bonds is 8. The predicted octanol–water partition coefficient (Wildman–Crippen LogP) is 3.30. The van der Waals surface area contributed by atoms with E-state index in [2.05, 4.69) is 22.1 Å². The van der Waals surface area contributed by atoms with Gasteiger partial charge in [-0.25, -0.2) is 0 Å². The molecule has 0 aliphatic heterocycles. The number of thioether (sulfide) groups is 1. The van der Waals surface area contributed by atoms with E-state index < -0.39 is 0 Å². The molecule has 1 heterocycles. The third-order valence-electron chi connectivity index (χ3n) is 3.25. The van der Waals surface area contributed by atoms with E-state index in [4.69, 9.17) is 16.3 Å². The molecule has 6 nitrogen and oxygen atoms in total. The monoisotopic (exact) mass is 366 g/mol. The highest BCUT2D eigenvalue weighted by atomic mass is 35.5. The number of nitrogens with one attached hydrogen (secondary N) is 1. The Morgan fingerprint density at radius 3 is 3.00 bits per heavy atom. The van der Waals surface area contributed by atoms with Gasteiger partial charge in [-0.05, 0) is 24.6 Å². The minimum Gasteiger partial charge on any atom is -0.377 e. The van der Waals surface area contributed by atoms with Crippen LogP contribution in [0.4, 0.5) is 5.69 Å². The molecule has 128 valence electrons. The van der Waals surface area contributed by atoms with Crippen molar-refractivity contribution in [2.75, 3.05) is 18.2 Å². The summed E-state index contributed by atoms with van der Waals surface area (Å²) in [7, 11) is 1.60. The first kappa shape index (κ1) is 18.5. The molecule has 0 atom stereocenters. The van der Waals surface area contributed by atoms with Crippen molar-refractivity contribution in [3.05, 3.63) is 47.3 Å². The number of nitrogens with zero attached hydrogens (tertiary/aromatic N) is 3. The summed E-state index contributed by atoms with van der Waals surface area (Å²) < 4.78 is 6.97. The van der Waals surface area contributed by atoms with Crippen molar-refractivity contribution in [1.82, 2.24) is 14.8 Å². The number of carbonyl (C=O) groups excluding carboxylic acids is 1. The molecular formula is C16H19ClN4O2S. The van der Waals surface area contributed by atoms with Crippen LogP contribution in [0.25, 0.3) is 0 Å². The zero-order valence-corrected chi connectivity index (χ0v) is 15.2. The van der Waals surface area contributed by atoms with E-state index in [1.165, 1.54) is 11.8 Å². The summed E-state index contributed by atoms with van der Waals surface area (Å²) in [6.07, 6.45) is 1.75. The number of aromatic nitrogens is 3. The quantitative estimate of drug-likeness (QED) is 0.573. The van der Waals surface area contributed by atoms with Crippen LogP contribution in [0.3, 0.4) is 0 Å². The van der Waals surface area contributed by atoms with E-state index in [1.807, 2.05) is 17.6 Å². The second kappa shape index (κ2) is 8.86. The Balaban J connectivity index is 2.01. The summed E-state index contributed by atoms with van der Waals surface area (Å²) in [5.41, 5.74) is 1.55. The molecule has 2 aromatic rings. The Kier molecular flexibility index (Phi) is 6.84. The Labute approximate surface area is 150 Å². The maximum atomic E-state index is 12.2. The zero-order chi connectivity index (χ0) is 17.5. The summed E-state index contributed by atoms with van der Waals surface area (Å²) >= 11 is 7.37. The molecule has 0 aliphatic carbocycles. The maximum Gasteiger partial charge on any atom is 0.234 e. The number of anilines is 1. The van der Waals surface area contributed by atoms with Gasteiger partial charge in [0.15, 0.2) is 11.0 Å². The highest BCUT2D eigenvalue weighted by Gasteiger charge is 2.14. The molecule has 1 aromatic heterocycles. The molecule has 1 N–H and O–H groups in total. The van der Waals surface area contributed by atoms with Gasteiger partial charge in [0.25, 0.3) is 0 Å². The van der Waals surface area contributed by atoms with E-state index in [0.29, 0.717) is 34.8 Å². The van der Waals surface area contributed by atoms with Gasteiger partial charge in [0.1, 0.15) is 6.61 Å². The number of hydrogen-bond acceptors (Lipinski definition) is 5. The van der Waals surface area contributed by atoms with Gasteiger partial charge in [-0.1, -0.05) is 35.5 Å². The molecule has 1 amide bonds. The molecule has 2 rings (SSSR count). The number of hydrogen-bond donors (Lipinski definition) is 1. The van der Waals surface area contributed by atoms with E-state index in [0.717, 1.165) is 5.56 Å². The van der Waals surface area contributed by atoms with Gasteiger partial charge >= 0.3 is 0 Å². The fourth-order valence-electron chi connectivity index (χ4n) is 2.03. The minimum atomic E-state index is -0.133. The number of amides is 1. The Hall–Kier alpha value is -1.83. The van der Waals surface area contributed by atoms with Crippen LogP contribution >= 0.6 is 23.4 Å². The zero-order valence-electron chi connectivity index (χ0n) is 13.6. The van der Waals surface area contributed by atoms with E-state index in [1.54, 1.807) is 25.3 Å². The van der Waals surface area contributed by atoms with Gasteiger partial charge in [0.05, 0.1) is 5.75 Å². The normalized spacial score (nSPS) is 10.6. The highest BCUT2D eigenvalue weighted by molar-refractivity contribution is 7.99. The molecule has 0 aliphatic rings. The molecule has 0 unspecified atom stereocenters. The van der Waals surface area contributed by atoms with E-state index in [9.17, 15) is 4.79 Å². The van der Waals surface area contributed by atoms with E-state index >= 15 is 0 Å².